The molecule has 152 valence electrons. The summed E-state index contributed by atoms with van der Waals surface area (Å²) in [5, 5.41) is 3.87. The van der Waals surface area contributed by atoms with Crippen LogP contribution >= 0.6 is 11.6 Å². The Morgan fingerprint density at radius 2 is 2.00 bits per heavy atom. The molecule has 2 aromatic carbocycles. The van der Waals surface area contributed by atoms with Crippen molar-refractivity contribution in [3.05, 3.63) is 69.6 Å². The lowest BCUT2D eigenvalue weighted by Crippen LogP contribution is -2.36. The molecule has 0 bridgehead atoms. The Bertz CT molecular complexity index is 1010. The minimum Gasteiger partial charge on any atom is -0.359 e. The third-order valence-corrected chi connectivity index (χ3v) is 6.20. The number of hydrogen-bond donors (Lipinski definition) is 1. The molecule has 0 saturated carbocycles. The smallest absolute Gasteiger partial charge is 0.163 e. The van der Waals surface area contributed by atoms with Crippen LogP contribution in [0.1, 0.15) is 50.8 Å². The van der Waals surface area contributed by atoms with E-state index in [4.69, 9.17) is 11.6 Å². The van der Waals surface area contributed by atoms with Gasteiger partial charge >= 0.3 is 0 Å². The summed E-state index contributed by atoms with van der Waals surface area (Å²) in [5.41, 5.74) is 4.71. The third-order valence-electron chi connectivity index (χ3n) is 5.87. The van der Waals surface area contributed by atoms with Gasteiger partial charge in [0.15, 0.2) is 5.78 Å². The standard InChI is InChI=1S/C24H26ClFN2O/c1-5-28-19-11-14(2)9-10-17(19)27-18-12-24(3,4)13-20(29)22(18)23(28)21-15(25)7-6-8-16(21)26/h6-11,23,27H,5,12-13H2,1-4H3. The summed E-state index contributed by atoms with van der Waals surface area (Å²) in [7, 11) is 0. The zero-order chi connectivity index (χ0) is 20.9. The van der Waals surface area contributed by atoms with E-state index in [0.29, 0.717) is 29.1 Å². The van der Waals surface area contributed by atoms with Gasteiger partial charge in [0, 0.05) is 34.8 Å². The maximum Gasteiger partial charge on any atom is 0.163 e. The van der Waals surface area contributed by atoms with Crippen LogP contribution in [0.25, 0.3) is 0 Å². The fourth-order valence-corrected chi connectivity index (χ4v) is 4.90. The van der Waals surface area contributed by atoms with Crippen LogP contribution in [0.3, 0.4) is 0 Å². The number of nitrogens with zero attached hydrogens (tertiary/aromatic N) is 1. The van der Waals surface area contributed by atoms with Crippen molar-refractivity contribution in [2.75, 3.05) is 16.8 Å². The second-order valence-corrected chi connectivity index (χ2v) is 9.21. The maximum atomic E-state index is 15.1. The van der Waals surface area contributed by atoms with Gasteiger partial charge in [-0.3, -0.25) is 4.79 Å². The van der Waals surface area contributed by atoms with E-state index in [-0.39, 0.29) is 17.0 Å². The molecule has 0 saturated heterocycles. The molecule has 3 nitrogen and oxygen atoms in total. The van der Waals surface area contributed by atoms with Crippen LogP contribution in [-0.4, -0.2) is 12.3 Å². The van der Waals surface area contributed by atoms with Crippen LogP contribution in [0, 0.1) is 18.2 Å². The van der Waals surface area contributed by atoms with Gasteiger partial charge in [0.2, 0.25) is 0 Å². The van der Waals surface area contributed by atoms with Gasteiger partial charge in [-0.25, -0.2) is 4.39 Å². The maximum absolute atomic E-state index is 15.1. The second kappa shape index (κ2) is 7.17. The number of rotatable bonds is 2. The van der Waals surface area contributed by atoms with Gasteiger partial charge in [0.05, 0.1) is 17.4 Å². The molecule has 0 radical (unpaired) electrons. The predicted octanol–water partition coefficient (Wildman–Crippen LogP) is 6.42. The molecule has 2 aliphatic rings. The molecule has 2 aromatic rings. The molecule has 1 heterocycles. The van der Waals surface area contributed by atoms with Gasteiger partial charge in [0.1, 0.15) is 5.82 Å². The Hall–Kier alpha value is -2.33. The number of fused-ring (bicyclic) bond motifs is 1. The molecule has 1 aliphatic carbocycles. The Labute approximate surface area is 176 Å². The minimum atomic E-state index is -0.567. The van der Waals surface area contributed by atoms with E-state index < -0.39 is 6.04 Å². The second-order valence-electron chi connectivity index (χ2n) is 8.80. The van der Waals surface area contributed by atoms with Crippen molar-refractivity contribution >= 4 is 28.8 Å². The third kappa shape index (κ3) is 3.44. The number of ketones is 1. The number of hydrogen-bond acceptors (Lipinski definition) is 3. The Kier molecular flexibility index (Phi) is 4.94. The molecular formula is C24H26ClFN2O. The lowest BCUT2D eigenvalue weighted by Gasteiger charge is -2.38. The molecule has 1 N–H and O–H groups in total. The van der Waals surface area contributed by atoms with E-state index in [0.717, 1.165) is 29.1 Å². The Balaban J connectivity index is 2.04. The topological polar surface area (TPSA) is 32.3 Å². The van der Waals surface area contributed by atoms with Crippen LogP contribution < -0.4 is 10.2 Å². The number of likely N-dealkylation sites (N-methyl/N-ethyl adjacent to an activating group) is 1. The summed E-state index contributed by atoms with van der Waals surface area (Å²) in [6.07, 6.45) is 1.16. The first-order chi connectivity index (χ1) is 13.7. The summed E-state index contributed by atoms with van der Waals surface area (Å²) >= 11 is 6.51. The normalized spacial score (nSPS) is 20.7. The Morgan fingerprint density at radius 1 is 1.24 bits per heavy atom. The van der Waals surface area contributed by atoms with Crippen LogP contribution in [0.2, 0.25) is 5.02 Å². The lowest BCUT2D eigenvalue weighted by molar-refractivity contribution is -0.118. The van der Waals surface area contributed by atoms with E-state index in [9.17, 15) is 4.79 Å². The summed E-state index contributed by atoms with van der Waals surface area (Å²) < 4.78 is 15.1. The van der Waals surface area contributed by atoms with Crippen molar-refractivity contribution in [3.63, 3.8) is 0 Å². The fourth-order valence-electron chi connectivity index (χ4n) is 4.63. The van der Waals surface area contributed by atoms with E-state index in [1.165, 1.54) is 6.07 Å². The molecular weight excluding hydrogens is 387 g/mol. The number of benzene rings is 2. The molecule has 1 aliphatic heterocycles. The van der Waals surface area contributed by atoms with Gasteiger partial charge in [-0.2, -0.15) is 0 Å². The van der Waals surface area contributed by atoms with Gasteiger partial charge < -0.3 is 10.2 Å². The summed E-state index contributed by atoms with van der Waals surface area (Å²) in [5.74, 6) is -0.336. The number of Topliss-reactive ketones (excluding diaryl/α,β-unsaturated/α-hetero) is 1. The number of anilines is 2. The van der Waals surface area contributed by atoms with E-state index in [2.05, 4.69) is 30.1 Å². The van der Waals surface area contributed by atoms with Crippen molar-refractivity contribution in [1.29, 1.82) is 0 Å². The van der Waals surface area contributed by atoms with Crippen molar-refractivity contribution in [1.82, 2.24) is 0 Å². The van der Waals surface area contributed by atoms with Crippen molar-refractivity contribution in [3.8, 4) is 0 Å². The highest BCUT2D eigenvalue weighted by molar-refractivity contribution is 6.31. The zero-order valence-electron chi connectivity index (χ0n) is 17.3. The number of aryl methyl sites for hydroxylation is 1. The quantitative estimate of drug-likeness (QED) is 0.617. The zero-order valence-corrected chi connectivity index (χ0v) is 18.0. The summed E-state index contributed by atoms with van der Waals surface area (Å²) in [6, 6.07) is 10.3. The van der Waals surface area contributed by atoms with Crippen LogP contribution in [0.5, 0.6) is 0 Å². The average Bonchev–Trinajstić information content (AvgIpc) is 2.74. The molecule has 0 amide bonds. The monoisotopic (exact) mass is 412 g/mol. The van der Waals surface area contributed by atoms with E-state index in [1.54, 1.807) is 12.1 Å². The number of halogens is 2. The molecule has 1 atom stereocenters. The van der Waals surface area contributed by atoms with Gasteiger partial charge in [-0.1, -0.05) is 37.6 Å². The van der Waals surface area contributed by atoms with Crippen LogP contribution in [0.4, 0.5) is 15.8 Å². The number of carbonyl (C=O) groups excluding carboxylic acids is 1. The fraction of sp³-hybridized carbons (Fsp3) is 0.375. The van der Waals surface area contributed by atoms with Crippen molar-refractivity contribution in [2.45, 2.75) is 46.6 Å². The lowest BCUT2D eigenvalue weighted by atomic mass is 9.73. The predicted molar refractivity (Wildman–Crippen MR) is 117 cm³/mol. The summed E-state index contributed by atoms with van der Waals surface area (Å²) in [6.45, 7) is 8.86. The van der Waals surface area contributed by atoms with Gasteiger partial charge in [-0.15, -0.1) is 0 Å². The molecule has 4 rings (SSSR count). The number of nitrogens with one attached hydrogen (secondary N) is 1. The van der Waals surface area contributed by atoms with Crippen molar-refractivity contribution in [2.24, 2.45) is 5.41 Å². The molecule has 5 heteroatoms. The highest BCUT2D eigenvalue weighted by Gasteiger charge is 2.42. The SMILES string of the molecule is CCN1c2cc(C)ccc2NC2=C(C(=O)CC(C)(C)C2)C1c1c(F)cccc1Cl. The number of carbonyl (C=O) groups is 1. The molecule has 0 fully saturated rings. The van der Waals surface area contributed by atoms with Crippen molar-refractivity contribution < 1.29 is 9.18 Å². The Morgan fingerprint density at radius 3 is 2.69 bits per heavy atom. The minimum absolute atomic E-state index is 0.0519. The first-order valence-electron chi connectivity index (χ1n) is 10.1. The van der Waals surface area contributed by atoms with Crippen LogP contribution in [-0.2, 0) is 4.79 Å². The highest BCUT2D eigenvalue weighted by atomic mass is 35.5. The highest BCUT2D eigenvalue weighted by Crippen LogP contribution is 2.49. The first-order valence-corrected chi connectivity index (χ1v) is 10.4. The van der Waals surface area contributed by atoms with Gasteiger partial charge in [-0.05, 0) is 55.5 Å². The van der Waals surface area contributed by atoms with Crippen LogP contribution in [0.15, 0.2) is 47.7 Å². The molecule has 0 aromatic heterocycles. The molecule has 0 spiro atoms. The number of allylic oxidation sites excluding steroid dienone is 1. The average molecular weight is 413 g/mol. The van der Waals surface area contributed by atoms with E-state index >= 15 is 4.39 Å². The largest absolute Gasteiger partial charge is 0.359 e. The molecule has 1 unspecified atom stereocenters. The van der Waals surface area contributed by atoms with Gasteiger partial charge in [0.25, 0.3) is 0 Å². The molecule has 29 heavy (non-hydrogen) atoms. The summed E-state index contributed by atoms with van der Waals surface area (Å²) in [4.78, 5) is 15.5. The first kappa shape index (κ1) is 20.0. The van der Waals surface area contributed by atoms with E-state index in [1.807, 2.05) is 26.0 Å².